The lowest BCUT2D eigenvalue weighted by molar-refractivity contribution is 0.0978. The molecule has 2 N–H and O–H groups in total. The van der Waals surface area contributed by atoms with E-state index < -0.39 is 11.4 Å². The molecule has 2 heterocycles. The highest BCUT2D eigenvalue weighted by Gasteiger charge is 2.49. The van der Waals surface area contributed by atoms with Crippen LogP contribution in [0.15, 0.2) is 43.0 Å². The molecule has 3 aromatic rings. The van der Waals surface area contributed by atoms with Gasteiger partial charge in [0.05, 0.1) is 17.0 Å². The number of benzene rings is 1. The summed E-state index contributed by atoms with van der Waals surface area (Å²) in [6, 6.07) is 5.93. The molecule has 1 aromatic carbocycles. The van der Waals surface area contributed by atoms with E-state index >= 15 is 0 Å². The number of nitrogens with one attached hydrogen (secondary N) is 1. The molecule has 34 heavy (non-hydrogen) atoms. The van der Waals surface area contributed by atoms with Gasteiger partial charge in [0.1, 0.15) is 23.7 Å². The molecule has 0 aliphatic heterocycles. The summed E-state index contributed by atoms with van der Waals surface area (Å²) in [5, 5.41) is 17.9. The first-order valence-electron chi connectivity index (χ1n) is 11.3. The van der Waals surface area contributed by atoms with E-state index in [1.165, 1.54) is 18.2 Å². The maximum atomic E-state index is 13.5. The molecule has 0 bridgehead atoms. The summed E-state index contributed by atoms with van der Waals surface area (Å²) >= 11 is 5.85. The van der Waals surface area contributed by atoms with Gasteiger partial charge in [-0.05, 0) is 61.8 Å². The van der Waals surface area contributed by atoms with Crippen molar-refractivity contribution in [1.29, 1.82) is 0 Å². The second-order valence-corrected chi connectivity index (χ2v) is 9.71. The van der Waals surface area contributed by atoms with Gasteiger partial charge in [-0.25, -0.2) is 9.37 Å². The lowest BCUT2D eigenvalue weighted by Crippen LogP contribution is -2.24. The highest BCUT2D eigenvalue weighted by molar-refractivity contribution is 6.31. The van der Waals surface area contributed by atoms with Gasteiger partial charge in [0, 0.05) is 31.0 Å². The van der Waals surface area contributed by atoms with Crippen molar-refractivity contribution in [1.82, 2.24) is 19.3 Å². The Morgan fingerprint density at radius 1 is 1.35 bits per heavy atom. The van der Waals surface area contributed by atoms with Crippen molar-refractivity contribution in [3.8, 4) is 11.8 Å². The molecule has 2 fully saturated rings. The molecule has 2 aliphatic carbocycles. The average molecular weight is 482 g/mol. The van der Waals surface area contributed by atoms with E-state index in [-0.39, 0.29) is 16.8 Å². The molecule has 2 saturated carbocycles. The number of aryl methyl sites for hydroxylation is 1. The van der Waals surface area contributed by atoms with Crippen LogP contribution in [0.3, 0.4) is 0 Å². The number of hydrogen-bond acceptors (Lipinski definition) is 4. The Morgan fingerprint density at radius 3 is 2.79 bits per heavy atom. The van der Waals surface area contributed by atoms with E-state index in [0.717, 1.165) is 18.5 Å². The van der Waals surface area contributed by atoms with Crippen molar-refractivity contribution in [3.63, 3.8) is 0 Å². The predicted octanol–water partition coefficient (Wildman–Crippen LogP) is 4.00. The minimum atomic E-state index is -0.973. The fraction of sp³-hybridized carbons (Fsp3) is 0.400. The highest BCUT2D eigenvalue weighted by atomic mass is 35.5. The fourth-order valence-corrected chi connectivity index (χ4v) is 5.64. The summed E-state index contributed by atoms with van der Waals surface area (Å²) in [6.07, 6.45) is 8.16. The predicted molar refractivity (Wildman–Crippen MR) is 126 cm³/mol. The summed E-state index contributed by atoms with van der Waals surface area (Å²) < 4.78 is 16.9. The minimum absolute atomic E-state index is 0.0492. The minimum Gasteiger partial charge on any atom is -0.378 e. The van der Waals surface area contributed by atoms with Gasteiger partial charge in [0.25, 0.3) is 5.91 Å². The number of rotatable bonds is 4. The van der Waals surface area contributed by atoms with E-state index in [4.69, 9.17) is 11.6 Å². The average Bonchev–Trinajstić information content (AvgIpc) is 3.55. The first-order chi connectivity index (χ1) is 16.3. The van der Waals surface area contributed by atoms with Gasteiger partial charge >= 0.3 is 0 Å². The Balaban J connectivity index is 1.26. The molecule has 2 aromatic heterocycles. The van der Waals surface area contributed by atoms with Gasteiger partial charge in [-0.3, -0.25) is 9.48 Å². The number of aliphatic hydroxyl groups is 1. The SMILES string of the molecule is Cn1cnc(C2CC3CC(O)(C#CCn4cccn4)CC3C2)c1C(=O)Nc1ccc(F)c(Cl)c1. The van der Waals surface area contributed by atoms with Crippen molar-refractivity contribution < 1.29 is 14.3 Å². The summed E-state index contributed by atoms with van der Waals surface area (Å²) in [5.41, 5.74) is 0.695. The van der Waals surface area contributed by atoms with Gasteiger partial charge in [-0.1, -0.05) is 23.4 Å². The van der Waals surface area contributed by atoms with Crippen LogP contribution in [0.2, 0.25) is 5.02 Å². The molecule has 0 radical (unpaired) electrons. The third-order valence-electron chi connectivity index (χ3n) is 6.91. The number of halogens is 2. The van der Waals surface area contributed by atoms with E-state index in [0.29, 0.717) is 42.6 Å². The fourth-order valence-electron chi connectivity index (χ4n) is 5.46. The topological polar surface area (TPSA) is 85.0 Å². The van der Waals surface area contributed by atoms with Crippen molar-refractivity contribution >= 4 is 23.2 Å². The summed E-state index contributed by atoms with van der Waals surface area (Å²) in [6.45, 7) is 0.457. The maximum absolute atomic E-state index is 13.5. The standard InChI is InChI=1S/C25H25ClFN5O2/c1-31-15-28-22(23(31)24(33)30-19-4-5-21(27)20(26)12-19)16-10-17-13-25(34,14-18(17)11-16)6-2-8-32-9-3-7-29-32/h3-5,7,9,12,15-18,34H,8,10-11,13-14H2,1H3,(H,30,33). The lowest BCUT2D eigenvalue weighted by atomic mass is 9.92. The number of anilines is 1. The number of imidazole rings is 1. The molecule has 5 rings (SSSR count). The molecule has 2 unspecified atom stereocenters. The largest absolute Gasteiger partial charge is 0.378 e. The third-order valence-corrected chi connectivity index (χ3v) is 7.20. The van der Waals surface area contributed by atoms with Gasteiger partial charge < -0.3 is 15.0 Å². The van der Waals surface area contributed by atoms with E-state index in [1.54, 1.807) is 28.8 Å². The van der Waals surface area contributed by atoms with Gasteiger partial charge in [-0.15, -0.1) is 0 Å². The maximum Gasteiger partial charge on any atom is 0.274 e. The number of carbonyl (C=O) groups is 1. The van der Waals surface area contributed by atoms with Crippen LogP contribution >= 0.6 is 11.6 Å². The van der Waals surface area contributed by atoms with E-state index in [9.17, 15) is 14.3 Å². The first-order valence-corrected chi connectivity index (χ1v) is 11.7. The third kappa shape index (κ3) is 4.46. The number of aromatic nitrogens is 4. The Kier molecular flexibility index (Phi) is 5.92. The highest BCUT2D eigenvalue weighted by Crippen LogP contribution is 2.53. The van der Waals surface area contributed by atoms with Gasteiger partial charge in [-0.2, -0.15) is 5.10 Å². The first kappa shape index (κ1) is 22.6. The zero-order valence-corrected chi connectivity index (χ0v) is 19.5. The second-order valence-electron chi connectivity index (χ2n) is 9.31. The molecule has 9 heteroatoms. The summed E-state index contributed by atoms with van der Waals surface area (Å²) in [5.74, 6) is 6.09. The number of hydrogen-bond donors (Lipinski definition) is 2. The van der Waals surface area contributed by atoms with Crippen molar-refractivity contribution in [2.45, 2.75) is 43.7 Å². The molecule has 2 atom stereocenters. The molecular weight excluding hydrogens is 457 g/mol. The van der Waals surface area contributed by atoms with Crippen LogP contribution in [-0.2, 0) is 13.6 Å². The zero-order valence-electron chi connectivity index (χ0n) is 18.7. The number of amides is 1. The quantitative estimate of drug-likeness (QED) is 0.552. The number of carbonyl (C=O) groups excluding carboxylic acids is 1. The molecule has 0 spiro atoms. The van der Waals surface area contributed by atoms with Gasteiger partial charge in [0.2, 0.25) is 0 Å². The Labute approximate surface area is 201 Å². The van der Waals surface area contributed by atoms with E-state index in [2.05, 4.69) is 27.2 Å². The van der Waals surface area contributed by atoms with Crippen LogP contribution in [0.4, 0.5) is 10.1 Å². The van der Waals surface area contributed by atoms with Crippen LogP contribution in [0, 0.1) is 29.5 Å². The summed E-state index contributed by atoms with van der Waals surface area (Å²) in [4.78, 5) is 17.6. The van der Waals surface area contributed by atoms with Crippen molar-refractivity contribution in [2.75, 3.05) is 5.32 Å². The molecule has 7 nitrogen and oxygen atoms in total. The normalized spacial score (nSPS) is 25.6. The Hall–Kier alpha value is -3.15. The lowest BCUT2D eigenvalue weighted by Gasteiger charge is -2.19. The van der Waals surface area contributed by atoms with Crippen LogP contribution in [0.25, 0.3) is 0 Å². The Morgan fingerprint density at radius 2 is 2.12 bits per heavy atom. The van der Waals surface area contributed by atoms with Crippen LogP contribution in [-0.4, -0.2) is 35.9 Å². The molecular formula is C25H25ClFN5O2. The molecule has 176 valence electrons. The molecule has 2 aliphatic rings. The summed E-state index contributed by atoms with van der Waals surface area (Å²) in [7, 11) is 1.78. The van der Waals surface area contributed by atoms with Gasteiger partial charge in [0.15, 0.2) is 0 Å². The smallest absolute Gasteiger partial charge is 0.274 e. The Bertz CT molecular complexity index is 1260. The second kappa shape index (κ2) is 8.90. The number of nitrogens with zero attached hydrogens (tertiary/aromatic N) is 4. The zero-order chi connectivity index (χ0) is 23.9. The van der Waals surface area contributed by atoms with Crippen molar-refractivity contribution in [3.05, 3.63) is 65.2 Å². The van der Waals surface area contributed by atoms with E-state index in [1.807, 2.05) is 12.3 Å². The molecule has 0 saturated heterocycles. The van der Waals surface area contributed by atoms with Crippen molar-refractivity contribution in [2.24, 2.45) is 18.9 Å². The van der Waals surface area contributed by atoms with Crippen LogP contribution in [0.5, 0.6) is 0 Å². The van der Waals surface area contributed by atoms with Crippen LogP contribution in [0.1, 0.15) is 47.8 Å². The monoisotopic (exact) mass is 481 g/mol. The van der Waals surface area contributed by atoms with Crippen LogP contribution < -0.4 is 5.32 Å². The number of fused-ring (bicyclic) bond motifs is 1. The molecule has 1 amide bonds.